The van der Waals surface area contributed by atoms with Gasteiger partial charge in [0.05, 0.1) is 18.0 Å². The Labute approximate surface area is 95.3 Å². The number of carbonyl (C=O) groups excluding carboxylic acids is 1. The Morgan fingerprint density at radius 2 is 2.19 bits per heavy atom. The van der Waals surface area contributed by atoms with E-state index in [2.05, 4.69) is 5.43 Å². The van der Waals surface area contributed by atoms with E-state index in [1.54, 1.807) is 0 Å². The Balaban J connectivity index is 2.46. The second kappa shape index (κ2) is 4.28. The third-order valence-electron chi connectivity index (χ3n) is 2.36. The highest BCUT2D eigenvalue weighted by Gasteiger charge is 2.45. The lowest BCUT2D eigenvalue weighted by molar-refractivity contribution is -0.0155. The fourth-order valence-electron chi connectivity index (χ4n) is 1.55. The highest BCUT2D eigenvalue weighted by atomic mass is 16.6. The molecule has 0 aromatic heterocycles. The van der Waals surface area contributed by atoms with E-state index in [0.29, 0.717) is 13.1 Å². The minimum atomic E-state index is -0.499. The van der Waals surface area contributed by atoms with Gasteiger partial charge >= 0.3 is 6.09 Å². The summed E-state index contributed by atoms with van der Waals surface area (Å²) in [6, 6.07) is 2.05. The predicted molar refractivity (Wildman–Crippen MR) is 58.1 cm³/mol. The van der Waals surface area contributed by atoms with E-state index in [1.165, 1.54) is 4.90 Å². The second-order valence-electron chi connectivity index (χ2n) is 5.10. The van der Waals surface area contributed by atoms with Crippen LogP contribution in [0.25, 0.3) is 0 Å². The molecule has 0 saturated carbocycles. The van der Waals surface area contributed by atoms with E-state index >= 15 is 0 Å². The molecule has 1 saturated heterocycles. The fourth-order valence-corrected chi connectivity index (χ4v) is 1.55. The van der Waals surface area contributed by atoms with E-state index in [4.69, 9.17) is 15.8 Å². The molecule has 0 aliphatic carbocycles. The highest BCUT2D eigenvalue weighted by Crippen LogP contribution is 2.25. The molecule has 0 aromatic rings. The number of hydrogen-bond acceptors (Lipinski definition) is 5. The van der Waals surface area contributed by atoms with Crippen LogP contribution in [-0.4, -0.2) is 35.2 Å². The van der Waals surface area contributed by atoms with Crippen molar-refractivity contribution >= 4 is 6.09 Å². The molecule has 6 heteroatoms. The number of likely N-dealkylation sites (tertiary alicyclic amines) is 1. The first-order valence-electron chi connectivity index (χ1n) is 5.14. The second-order valence-corrected chi connectivity index (χ2v) is 5.10. The van der Waals surface area contributed by atoms with Crippen LogP contribution in [0.2, 0.25) is 0 Å². The number of hydrazine groups is 1. The zero-order chi connectivity index (χ0) is 12.4. The van der Waals surface area contributed by atoms with Crippen LogP contribution in [0.3, 0.4) is 0 Å². The SMILES string of the molecule is CC(C)(C)OC(=O)N1CC(CC#N)(NN)C1. The van der Waals surface area contributed by atoms with Gasteiger partial charge in [-0.25, -0.2) is 10.2 Å². The van der Waals surface area contributed by atoms with Crippen LogP contribution < -0.4 is 11.3 Å². The van der Waals surface area contributed by atoms with E-state index in [-0.39, 0.29) is 12.5 Å². The van der Waals surface area contributed by atoms with Crippen LogP contribution >= 0.6 is 0 Å². The Kier molecular flexibility index (Phi) is 3.41. The number of nitriles is 1. The van der Waals surface area contributed by atoms with E-state index in [0.717, 1.165) is 0 Å². The number of amides is 1. The summed E-state index contributed by atoms with van der Waals surface area (Å²) >= 11 is 0. The molecule has 6 nitrogen and oxygen atoms in total. The molecular weight excluding hydrogens is 208 g/mol. The van der Waals surface area contributed by atoms with Crippen molar-refractivity contribution in [3.05, 3.63) is 0 Å². The van der Waals surface area contributed by atoms with E-state index in [1.807, 2.05) is 26.8 Å². The number of ether oxygens (including phenoxy) is 1. The quantitative estimate of drug-likeness (QED) is 0.523. The van der Waals surface area contributed by atoms with Crippen molar-refractivity contribution in [3.8, 4) is 6.07 Å². The van der Waals surface area contributed by atoms with Gasteiger partial charge in [0.15, 0.2) is 0 Å². The third kappa shape index (κ3) is 2.84. The van der Waals surface area contributed by atoms with Crippen LogP contribution in [0.5, 0.6) is 0 Å². The summed E-state index contributed by atoms with van der Waals surface area (Å²) in [6.45, 7) is 6.26. The lowest BCUT2D eigenvalue weighted by atomic mass is 9.88. The smallest absolute Gasteiger partial charge is 0.410 e. The Hall–Kier alpha value is -1.32. The number of nitrogens with two attached hydrogens (primary N) is 1. The topological polar surface area (TPSA) is 91.4 Å². The number of rotatable bonds is 2. The maximum atomic E-state index is 11.6. The molecule has 1 rings (SSSR count). The van der Waals surface area contributed by atoms with Crippen molar-refractivity contribution in [2.75, 3.05) is 13.1 Å². The van der Waals surface area contributed by atoms with Crippen LogP contribution in [-0.2, 0) is 4.74 Å². The van der Waals surface area contributed by atoms with Crippen LogP contribution in [0.1, 0.15) is 27.2 Å². The van der Waals surface area contributed by atoms with Gasteiger partial charge in [-0.2, -0.15) is 5.26 Å². The Bertz CT molecular complexity index is 310. The monoisotopic (exact) mass is 226 g/mol. The summed E-state index contributed by atoms with van der Waals surface area (Å²) in [6.07, 6.45) is -0.0840. The van der Waals surface area contributed by atoms with Gasteiger partial charge in [0.25, 0.3) is 0 Å². The molecule has 0 atom stereocenters. The number of nitrogens with one attached hydrogen (secondary N) is 1. The summed E-state index contributed by atoms with van der Waals surface area (Å²) in [7, 11) is 0. The van der Waals surface area contributed by atoms with Gasteiger partial charge < -0.3 is 9.64 Å². The van der Waals surface area contributed by atoms with Crippen molar-refractivity contribution in [1.29, 1.82) is 5.26 Å². The van der Waals surface area contributed by atoms with Crippen LogP contribution in [0.4, 0.5) is 4.79 Å². The molecule has 90 valence electrons. The molecule has 16 heavy (non-hydrogen) atoms. The normalized spacial score (nSPS) is 18.6. The molecule has 0 unspecified atom stereocenters. The molecular formula is C10H18N4O2. The summed E-state index contributed by atoms with van der Waals surface area (Å²) in [5.41, 5.74) is 1.63. The Morgan fingerprint density at radius 1 is 1.62 bits per heavy atom. The molecule has 3 N–H and O–H groups in total. The van der Waals surface area contributed by atoms with Gasteiger partial charge in [0.2, 0.25) is 0 Å². The Morgan fingerprint density at radius 3 is 2.56 bits per heavy atom. The predicted octanol–water partition coefficient (Wildman–Crippen LogP) is 0.353. The van der Waals surface area contributed by atoms with Gasteiger partial charge in [-0.15, -0.1) is 0 Å². The van der Waals surface area contributed by atoms with Crippen molar-refractivity contribution in [2.45, 2.75) is 38.3 Å². The van der Waals surface area contributed by atoms with Gasteiger partial charge in [0.1, 0.15) is 5.60 Å². The minimum Gasteiger partial charge on any atom is -0.444 e. The number of carbonyl (C=O) groups is 1. The number of hydrogen-bond donors (Lipinski definition) is 2. The highest BCUT2D eigenvalue weighted by molar-refractivity contribution is 5.69. The molecule has 0 spiro atoms. The fraction of sp³-hybridized carbons (Fsp3) is 0.800. The molecule has 1 aliphatic rings. The zero-order valence-corrected chi connectivity index (χ0v) is 9.91. The van der Waals surface area contributed by atoms with Gasteiger partial charge in [0, 0.05) is 13.1 Å². The summed E-state index contributed by atoms with van der Waals surface area (Å²) < 4.78 is 5.19. The van der Waals surface area contributed by atoms with Gasteiger partial charge in [-0.1, -0.05) is 0 Å². The molecule has 0 bridgehead atoms. The summed E-state index contributed by atoms with van der Waals surface area (Å²) in [5, 5.41) is 8.63. The standard InChI is InChI=1S/C10H18N4O2/c1-9(2,3)16-8(15)14-6-10(7-14,13-12)4-5-11/h13H,4,6-7,12H2,1-3H3. The van der Waals surface area contributed by atoms with E-state index in [9.17, 15) is 4.79 Å². The average Bonchev–Trinajstić information content (AvgIpc) is 2.07. The molecule has 0 aromatic carbocycles. The molecule has 1 amide bonds. The molecule has 1 fully saturated rings. The van der Waals surface area contributed by atoms with Crippen molar-refractivity contribution in [3.63, 3.8) is 0 Å². The summed E-state index contributed by atoms with van der Waals surface area (Å²) in [5.74, 6) is 5.36. The van der Waals surface area contributed by atoms with Crippen molar-refractivity contribution in [2.24, 2.45) is 5.84 Å². The average molecular weight is 226 g/mol. The number of nitrogens with zero attached hydrogens (tertiary/aromatic N) is 2. The molecule has 1 heterocycles. The lowest BCUT2D eigenvalue weighted by Crippen LogP contribution is -2.72. The lowest BCUT2D eigenvalue weighted by Gasteiger charge is -2.48. The minimum absolute atomic E-state index is 0.281. The largest absolute Gasteiger partial charge is 0.444 e. The maximum absolute atomic E-state index is 11.6. The van der Waals surface area contributed by atoms with E-state index < -0.39 is 11.1 Å². The zero-order valence-electron chi connectivity index (χ0n) is 9.91. The third-order valence-corrected chi connectivity index (χ3v) is 2.36. The van der Waals surface area contributed by atoms with Crippen molar-refractivity contribution in [1.82, 2.24) is 10.3 Å². The first-order chi connectivity index (χ1) is 7.32. The van der Waals surface area contributed by atoms with Crippen molar-refractivity contribution < 1.29 is 9.53 Å². The first-order valence-corrected chi connectivity index (χ1v) is 5.14. The molecule has 0 radical (unpaired) electrons. The molecule has 1 aliphatic heterocycles. The first kappa shape index (κ1) is 12.7. The maximum Gasteiger partial charge on any atom is 0.410 e. The van der Waals surface area contributed by atoms with Crippen LogP contribution in [0.15, 0.2) is 0 Å². The van der Waals surface area contributed by atoms with Gasteiger partial charge in [-0.05, 0) is 20.8 Å². The van der Waals surface area contributed by atoms with Gasteiger partial charge in [-0.3, -0.25) is 5.84 Å². The van der Waals surface area contributed by atoms with Crippen LogP contribution in [0, 0.1) is 11.3 Å². The summed E-state index contributed by atoms with van der Waals surface area (Å²) in [4.78, 5) is 13.1.